The van der Waals surface area contributed by atoms with Crippen LogP contribution < -0.4 is 5.32 Å². The van der Waals surface area contributed by atoms with Crippen LogP contribution in [0, 0.1) is 50.7 Å². The van der Waals surface area contributed by atoms with E-state index in [1.807, 2.05) is 11.8 Å². The van der Waals surface area contributed by atoms with Crippen molar-refractivity contribution in [3.05, 3.63) is 11.1 Å². The highest BCUT2D eigenvalue weighted by molar-refractivity contribution is 7.99. The van der Waals surface area contributed by atoms with Gasteiger partial charge in [-0.3, -0.25) is 14.4 Å². The zero-order valence-electron chi connectivity index (χ0n) is 32.2. The molecule has 6 rings (SSSR count). The van der Waals surface area contributed by atoms with Crippen LogP contribution in [0.2, 0.25) is 0 Å². The van der Waals surface area contributed by atoms with Gasteiger partial charge in [-0.1, -0.05) is 54.0 Å². The molecule has 3 unspecified atom stereocenters. The maximum Gasteiger partial charge on any atom is 0.408 e. The van der Waals surface area contributed by atoms with E-state index in [0.717, 1.165) is 75.7 Å². The predicted molar refractivity (Wildman–Crippen MR) is 196 cm³/mol. The summed E-state index contributed by atoms with van der Waals surface area (Å²) in [5.41, 5.74) is 0.552. The lowest BCUT2D eigenvalue weighted by molar-refractivity contribution is -0.214. The van der Waals surface area contributed by atoms with E-state index in [2.05, 4.69) is 53.8 Å². The van der Waals surface area contributed by atoms with Crippen molar-refractivity contribution in [3.8, 4) is 0 Å². The minimum atomic E-state index is -1.17. The number of esters is 1. The fraction of sp³-hybridized carbons (Fsp3) is 0.854. The Labute approximate surface area is 304 Å². The molecule has 0 radical (unpaired) electrons. The summed E-state index contributed by atoms with van der Waals surface area (Å²) >= 11 is 1.91. The smallest absolute Gasteiger partial charge is 0.408 e. The Morgan fingerprint density at radius 2 is 1.60 bits per heavy atom. The first-order valence-corrected chi connectivity index (χ1v) is 20.6. The van der Waals surface area contributed by atoms with Crippen LogP contribution in [-0.2, 0) is 23.9 Å². The molecule has 0 aromatic rings. The largest absolute Gasteiger partial charge is 0.481 e. The average molecular weight is 714 g/mol. The second kappa shape index (κ2) is 12.8. The van der Waals surface area contributed by atoms with Crippen LogP contribution in [0.15, 0.2) is 11.1 Å². The van der Waals surface area contributed by atoms with Gasteiger partial charge >= 0.3 is 18.0 Å². The quantitative estimate of drug-likeness (QED) is 0.199. The number of allylic oxidation sites excluding steroid dienone is 1. The number of nitrogens with one attached hydrogen (secondary N) is 1. The van der Waals surface area contributed by atoms with Crippen molar-refractivity contribution in [2.45, 2.75) is 157 Å². The van der Waals surface area contributed by atoms with Crippen LogP contribution in [0.4, 0.5) is 4.79 Å². The fourth-order valence-electron chi connectivity index (χ4n) is 12.6. The van der Waals surface area contributed by atoms with Gasteiger partial charge in [0.1, 0.15) is 18.0 Å². The Bertz CT molecular complexity index is 1450. The van der Waals surface area contributed by atoms with Crippen LogP contribution in [0.25, 0.3) is 0 Å². The highest BCUT2D eigenvalue weighted by Gasteiger charge is 2.69. The van der Waals surface area contributed by atoms with E-state index in [9.17, 15) is 24.3 Å². The van der Waals surface area contributed by atoms with E-state index in [1.54, 1.807) is 13.8 Å². The molecule has 8 atom stereocenters. The second-order valence-corrected chi connectivity index (χ2v) is 20.5. The molecule has 50 heavy (non-hydrogen) atoms. The fourth-order valence-corrected chi connectivity index (χ4v) is 13.7. The molecule has 280 valence electrons. The summed E-state index contributed by atoms with van der Waals surface area (Å²) < 4.78 is 12.1. The van der Waals surface area contributed by atoms with E-state index in [4.69, 9.17) is 9.47 Å². The standard InChI is InChI=1S/C41H63NO7S/c1-24(2)32-27(43)22-41(42-35(47)48-25-14-20-50-21-15-25)19-18-39(8)26(33(32)41)10-11-29-38(7)16-13-30(49-31(44)23-36(3,4)34(45)46)37(5,6)28(38)12-17-40(29,39)9/h24-25,28-30,32H,10-23H2,1-9H3,(H,42,47)(H,45,46)/t28?,29?,30-,32?,38-,39+,40+,41+/m0/s1. The van der Waals surface area contributed by atoms with E-state index >= 15 is 0 Å². The van der Waals surface area contributed by atoms with Crippen LogP contribution >= 0.6 is 11.8 Å². The molecule has 1 heterocycles. The molecule has 0 aromatic heterocycles. The number of fused-ring (bicyclic) bond motifs is 6. The van der Waals surface area contributed by atoms with E-state index in [-0.39, 0.29) is 64.0 Å². The van der Waals surface area contributed by atoms with Gasteiger partial charge in [0.2, 0.25) is 0 Å². The van der Waals surface area contributed by atoms with Gasteiger partial charge in [0.05, 0.1) is 17.4 Å². The zero-order valence-corrected chi connectivity index (χ0v) is 33.0. The Balaban J connectivity index is 1.29. The molecule has 1 saturated heterocycles. The molecule has 0 spiro atoms. The topological polar surface area (TPSA) is 119 Å². The monoisotopic (exact) mass is 713 g/mol. The summed E-state index contributed by atoms with van der Waals surface area (Å²) in [6, 6.07) is 0. The van der Waals surface area contributed by atoms with Crippen molar-refractivity contribution in [2.24, 2.45) is 50.7 Å². The molecule has 2 N–H and O–H groups in total. The summed E-state index contributed by atoms with van der Waals surface area (Å²) in [6.45, 7) is 19.5. The number of rotatable bonds is 7. The zero-order chi connectivity index (χ0) is 36.7. The lowest BCUT2D eigenvalue weighted by atomic mass is 9.34. The molecule has 8 nitrogen and oxygen atoms in total. The van der Waals surface area contributed by atoms with E-state index < -0.39 is 22.9 Å². The highest BCUT2D eigenvalue weighted by atomic mass is 32.2. The van der Waals surface area contributed by atoms with Crippen molar-refractivity contribution < 1.29 is 33.8 Å². The number of carboxylic acids is 1. The van der Waals surface area contributed by atoms with Gasteiger partial charge in [-0.05, 0) is 129 Å². The number of carbonyl (C=O) groups is 4. The third kappa shape index (κ3) is 5.86. The van der Waals surface area contributed by atoms with Gasteiger partial charge in [0.25, 0.3) is 0 Å². The van der Waals surface area contributed by atoms with Gasteiger partial charge in [0, 0.05) is 17.8 Å². The maximum atomic E-state index is 13.9. The number of carboxylic acid groups (broad SMARTS) is 1. The molecule has 4 saturated carbocycles. The van der Waals surface area contributed by atoms with Gasteiger partial charge in [-0.2, -0.15) is 11.8 Å². The SMILES string of the molecule is CC(C)C1C(=O)C[C@]2(NC(=O)OC3CCSCC3)CC[C@]3(C)C(=C12)CCC1[C@@]2(C)CC[C@H](OC(=O)CC(C)(C)C(=O)O)C(C)(C)C2CC[C@]13C. The summed E-state index contributed by atoms with van der Waals surface area (Å²) in [6.07, 6.45) is 8.82. The van der Waals surface area contributed by atoms with Crippen molar-refractivity contribution >= 4 is 35.6 Å². The van der Waals surface area contributed by atoms with Gasteiger partial charge in [-0.25, -0.2) is 4.79 Å². The normalized spacial score (nSPS) is 39.9. The minimum absolute atomic E-state index is 0.0174. The number of ether oxygens (including phenoxy) is 2. The molecule has 5 fully saturated rings. The number of aliphatic carboxylic acids is 1. The number of amides is 1. The Morgan fingerprint density at radius 1 is 0.920 bits per heavy atom. The average Bonchev–Trinajstić information content (AvgIpc) is 3.30. The predicted octanol–water partition coefficient (Wildman–Crippen LogP) is 8.75. The summed E-state index contributed by atoms with van der Waals surface area (Å²) in [5.74, 6) is 1.66. The lowest BCUT2D eigenvalue weighted by Crippen LogP contribution is -2.65. The molecular weight excluding hydrogens is 651 g/mol. The highest BCUT2D eigenvalue weighted by Crippen LogP contribution is 2.75. The van der Waals surface area contributed by atoms with Crippen LogP contribution in [0.5, 0.6) is 0 Å². The molecule has 0 bridgehead atoms. The van der Waals surface area contributed by atoms with Crippen molar-refractivity contribution in [2.75, 3.05) is 11.5 Å². The first kappa shape index (κ1) is 37.7. The second-order valence-electron chi connectivity index (χ2n) is 19.3. The molecule has 9 heteroatoms. The summed E-state index contributed by atoms with van der Waals surface area (Å²) in [7, 11) is 0. The Morgan fingerprint density at radius 3 is 2.24 bits per heavy atom. The van der Waals surface area contributed by atoms with Gasteiger partial charge in [-0.15, -0.1) is 0 Å². The number of hydrogen-bond acceptors (Lipinski definition) is 7. The molecule has 0 aromatic carbocycles. The Hall–Kier alpha value is -2.03. The van der Waals surface area contributed by atoms with Crippen molar-refractivity contribution in [1.82, 2.24) is 5.32 Å². The number of carbonyl (C=O) groups excluding carboxylic acids is 3. The number of alkyl carbamates (subject to hydrolysis) is 1. The summed E-state index contributed by atoms with van der Waals surface area (Å²) in [5, 5.41) is 13.0. The molecular formula is C41H63NO7S. The lowest BCUT2D eigenvalue weighted by Gasteiger charge is -2.70. The van der Waals surface area contributed by atoms with E-state index in [0.29, 0.717) is 18.3 Å². The van der Waals surface area contributed by atoms with Crippen molar-refractivity contribution in [1.29, 1.82) is 0 Å². The van der Waals surface area contributed by atoms with Crippen LogP contribution in [0.1, 0.15) is 139 Å². The number of thioether (sulfide) groups is 1. The molecule has 5 aliphatic carbocycles. The van der Waals surface area contributed by atoms with E-state index in [1.165, 1.54) is 11.1 Å². The van der Waals surface area contributed by atoms with Crippen LogP contribution in [-0.4, -0.2) is 58.2 Å². The molecule has 1 amide bonds. The number of hydrogen-bond donors (Lipinski definition) is 2. The maximum absolute atomic E-state index is 13.9. The van der Waals surface area contributed by atoms with Gasteiger partial charge in [0.15, 0.2) is 0 Å². The molecule has 1 aliphatic heterocycles. The third-order valence-corrected chi connectivity index (χ3v) is 16.6. The third-order valence-electron chi connectivity index (χ3n) is 15.5. The number of ketones is 1. The molecule has 6 aliphatic rings. The van der Waals surface area contributed by atoms with Gasteiger partial charge < -0.3 is 19.9 Å². The summed E-state index contributed by atoms with van der Waals surface area (Å²) in [4.78, 5) is 52.3. The number of Topliss-reactive ketones (excluding diaryl/α,β-unsaturated/α-hetero) is 1. The van der Waals surface area contributed by atoms with Crippen LogP contribution in [0.3, 0.4) is 0 Å². The first-order chi connectivity index (χ1) is 23.2. The Kier molecular flexibility index (Phi) is 9.68. The first-order valence-electron chi connectivity index (χ1n) is 19.5. The van der Waals surface area contributed by atoms with Crippen molar-refractivity contribution in [3.63, 3.8) is 0 Å². The minimum Gasteiger partial charge on any atom is -0.481 e.